The van der Waals surface area contributed by atoms with Crippen LogP contribution >= 0.6 is 0 Å². The Morgan fingerprint density at radius 2 is 2.06 bits per heavy atom. The van der Waals surface area contributed by atoms with Gasteiger partial charge in [0.2, 0.25) is 5.91 Å². The van der Waals surface area contributed by atoms with Crippen molar-refractivity contribution in [1.29, 1.82) is 0 Å². The molecule has 0 aliphatic heterocycles. The summed E-state index contributed by atoms with van der Waals surface area (Å²) in [5.74, 6) is -2.79. The molecule has 0 radical (unpaired) electrons. The van der Waals surface area contributed by atoms with E-state index in [9.17, 15) is 17.6 Å². The van der Waals surface area contributed by atoms with Crippen LogP contribution < -0.4 is 11.5 Å². The van der Waals surface area contributed by atoms with Crippen LogP contribution in [0.3, 0.4) is 0 Å². The Hall–Kier alpha value is -1.63. The van der Waals surface area contributed by atoms with Crippen molar-refractivity contribution in [3.8, 4) is 0 Å². The van der Waals surface area contributed by atoms with E-state index in [1.165, 1.54) is 6.92 Å². The van der Waals surface area contributed by atoms with Crippen LogP contribution in [0, 0.1) is 11.7 Å². The third-order valence-electron chi connectivity index (χ3n) is 2.27. The minimum Gasteiger partial charge on any atom is -0.398 e. The highest BCUT2D eigenvalue weighted by Crippen LogP contribution is 2.22. The highest BCUT2D eigenvalue weighted by atomic mass is 32.2. The van der Waals surface area contributed by atoms with Crippen molar-refractivity contribution in [3.05, 3.63) is 24.0 Å². The number of carbonyl (C=O) groups is 1. The third-order valence-corrected chi connectivity index (χ3v) is 4.23. The number of primary amides is 1. The molecule has 0 heterocycles. The van der Waals surface area contributed by atoms with Gasteiger partial charge in [-0.2, -0.15) is 0 Å². The van der Waals surface area contributed by atoms with Gasteiger partial charge in [0.25, 0.3) is 0 Å². The average Bonchev–Trinajstić information content (AvgIpc) is 2.20. The molecule has 0 bridgehead atoms. The van der Waals surface area contributed by atoms with Gasteiger partial charge < -0.3 is 11.5 Å². The van der Waals surface area contributed by atoms with Crippen molar-refractivity contribution in [2.45, 2.75) is 11.8 Å². The fourth-order valence-corrected chi connectivity index (χ4v) is 3.00. The molecule has 0 fully saturated rings. The third kappa shape index (κ3) is 3.16. The van der Waals surface area contributed by atoms with E-state index in [-0.39, 0.29) is 10.6 Å². The zero-order valence-corrected chi connectivity index (χ0v) is 10.00. The molecule has 7 heteroatoms. The van der Waals surface area contributed by atoms with E-state index in [0.29, 0.717) is 0 Å². The Morgan fingerprint density at radius 3 is 2.59 bits per heavy atom. The lowest BCUT2D eigenvalue weighted by molar-refractivity contribution is -0.120. The van der Waals surface area contributed by atoms with Crippen LogP contribution in [-0.4, -0.2) is 20.1 Å². The molecule has 0 aromatic heterocycles. The normalized spacial score (nSPS) is 13.3. The number of hydrogen-bond acceptors (Lipinski definition) is 4. The molecule has 1 atom stereocenters. The second-order valence-electron chi connectivity index (χ2n) is 3.77. The SMILES string of the molecule is CC(CS(=O)(=O)c1cc(F)ccc1N)C(N)=O. The lowest BCUT2D eigenvalue weighted by Crippen LogP contribution is -2.27. The monoisotopic (exact) mass is 260 g/mol. The number of benzene rings is 1. The Balaban J connectivity index is 3.13. The van der Waals surface area contributed by atoms with E-state index in [1.807, 2.05) is 0 Å². The van der Waals surface area contributed by atoms with Gasteiger partial charge >= 0.3 is 0 Å². The fraction of sp³-hybridized carbons (Fsp3) is 0.300. The summed E-state index contributed by atoms with van der Waals surface area (Å²) in [6.45, 7) is 1.38. The number of anilines is 1. The fourth-order valence-electron chi connectivity index (χ4n) is 1.28. The number of carbonyl (C=O) groups excluding carboxylic acids is 1. The average molecular weight is 260 g/mol. The Labute approximate surface area is 98.5 Å². The van der Waals surface area contributed by atoms with Crippen molar-refractivity contribution in [1.82, 2.24) is 0 Å². The van der Waals surface area contributed by atoms with Gasteiger partial charge in [0.15, 0.2) is 9.84 Å². The predicted molar refractivity (Wildman–Crippen MR) is 61.2 cm³/mol. The molecule has 0 saturated heterocycles. The van der Waals surface area contributed by atoms with E-state index in [4.69, 9.17) is 11.5 Å². The number of rotatable bonds is 4. The molecule has 0 spiro atoms. The highest BCUT2D eigenvalue weighted by Gasteiger charge is 2.24. The Kier molecular flexibility index (Phi) is 3.72. The van der Waals surface area contributed by atoms with Gasteiger partial charge in [0.05, 0.1) is 16.3 Å². The summed E-state index contributed by atoms with van der Waals surface area (Å²) in [5, 5.41) is 0. The quantitative estimate of drug-likeness (QED) is 0.760. The van der Waals surface area contributed by atoms with Crippen molar-refractivity contribution >= 4 is 21.4 Å². The number of hydrogen-bond donors (Lipinski definition) is 2. The molecule has 1 unspecified atom stereocenters. The number of nitrogens with two attached hydrogens (primary N) is 2. The predicted octanol–water partition coefficient (Wildman–Crippen LogP) is 0.303. The summed E-state index contributed by atoms with van der Waals surface area (Å²) in [4.78, 5) is 10.5. The lowest BCUT2D eigenvalue weighted by Gasteiger charge is -2.10. The topological polar surface area (TPSA) is 103 Å². The highest BCUT2D eigenvalue weighted by molar-refractivity contribution is 7.91. The van der Waals surface area contributed by atoms with E-state index < -0.39 is 33.2 Å². The standard InChI is InChI=1S/C10H13FN2O3S/c1-6(10(13)14)5-17(15,16)9-4-7(11)2-3-8(9)12/h2-4,6H,5,12H2,1H3,(H2,13,14). The van der Waals surface area contributed by atoms with Gasteiger partial charge in [-0.25, -0.2) is 12.8 Å². The first kappa shape index (κ1) is 13.4. The van der Waals surface area contributed by atoms with Gasteiger partial charge in [0, 0.05) is 5.92 Å². The van der Waals surface area contributed by atoms with Crippen LogP contribution in [0.4, 0.5) is 10.1 Å². The summed E-state index contributed by atoms with van der Waals surface area (Å²) in [6, 6.07) is 3.06. The molecule has 0 aliphatic rings. The molecule has 17 heavy (non-hydrogen) atoms. The van der Waals surface area contributed by atoms with E-state index in [2.05, 4.69) is 0 Å². The van der Waals surface area contributed by atoms with Crippen LogP contribution in [0.25, 0.3) is 0 Å². The van der Waals surface area contributed by atoms with Crippen molar-refractivity contribution < 1.29 is 17.6 Å². The van der Waals surface area contributed by atoms with Crippen molar-refractivity contribution in [2.24, 2.45) is 11.7 Å². The first-order chi connectivity index (χ1) is 7.74. The minimum absolute atomic E-state index is 0.0527. The van der Waals surface area contributed by atoms with Gasteiger partial charge in [0.1, 0.15) is 5.82 Å². The van der Waals surface area contributed by atoms with E-state index in [0.717, 1.165) is 18.2 Å². The van der Waals surface area contributed by atoms with Gasteiger partial charge in [-0.15, -0.1) is 0 Å². The zero-order chi connectivity index (χ0) is 13.2. The second kappa shape index (κ2) is 4.70. The maximum Gasteiger partial charge on any atom is 0.221 e. The molecule has 4 N–H and O–H groups in total. The summed E-state index contributed by atoms with van der Waals surface area (Å²) in [7, 11) is -3.82. The lowest BCUT2D eigenvalue weighted by atomic mass is 10.2. The first-order valence-electron chi connectivity index (χ1n) is 4.81. The number of halogens is 1. The van der Waals surface area contributed by atoms with Crippen molar-refractivity contribution in [2.75, 3.05) is 11.5 Å². The van der Waals surface area contributed by atoms with Crippen LogP contribution in [0.2, 0.25) is 0 Å². The largest absolute Gasteiger partial charge is 0.398 e. The first-order valence-corrected chi connectivity index (χ1v) is 6.46. The summed E-state index contributed by atoms with van der Waals surface area (Å²) in [5.41, 5.74) is 10.4. The van der Waals surface area contributed by atoms with Crippen LogP contribution in [0.1, 0.15) is 6.92 Å². The number of amides is 1. The van der Waals surface area contributed by atoms with Crippen LogP contribution in [-0.2, 0) is 14.6 Å². The summed E-state index contributed by atoms with van der Waals surface area (Å²) < 4.78 is 36.7. The van der Waals surface area contributed by atoms with Gasteiger partial charge in [-0.05, 0) is 18.2 Å². The second-order valence-corrected chi connectivity index (χ2v) is 5.77. The molecule has 5 nitrogen and oxygen atoms in total. The van der Waals surface area contributed by atoms with Crippen LogP contribution in [0.5, 0.6) is 0 Å². The van der Waals surface area contributed by atoms with Crippen LogP contribution in [0.15, 0.2) is 23.1 Å². The number of sulfone groups is 1. The molecular weight excluding hydrogens is 247 g/mol. The smallest absolute Gasteiger partial charge is 0.221 e. The Bertz CT molecular complexity index is 542. The number of nitrogen functional groups attached to an aromatic ring is 1. The summed E-state index contributed by atoms with van der Waals surface area (Å²) in [6.07, 6.45) is 0. The zero-order valence-electron chi connectivity index (χ0n) is 9.18. The molecule has 0 aliphatic carbocycles. The molecule has 94 valence electrons. The minimum atomic E-state index is -3.82. The molecule has 0 saturated carbocycles. The molecule has 1 rings (SSSR count). The Morgan fingerprint density at radius 1 is 1.47 bits per heavy atom. The molecule has 1 amide bonds. The van der Waals surface area contributed by atoms with Gasteiger partial charge in [-0.1, -0.05) is 6.92 Å². The molecular formula is C10H13FN2O3S. The van der Waals surface area contributed by atoms with Crippen molar-refractivity contribution in [3.63, 3.8) is 0 Å². The van der Waals surface area contributed by atoms with E-state index >= 15 is 0 Å². The summed E-state index contributed by atoms with van der Waals surface area (Å²) >= 11 is 0. The maximum absolute atomic E-state index is 13.0. The maximum atomic E-state index is 13.0. The molecule has 1 aromatic rings. The molecule has 1 aromatic carbocycles. The van der Waals surface area contributed by atoms with Gasteiger partial charge in [-0.3, -0.25) is 4.79 Å². The van der Waals surface area contributed by atoms with E-state index in [1.54, 1.807) is 0 Å².